The van der Waals surface area contributed by atoms with Crippen molar-refractivity contribution in [3.05, 3.63) is 58.5 Å². The Morgan fingerprint density at radius 1 is 1.26 bits per heavy atom. The van der Waals surface area contributed by atoms with Gasteiger partial charge in [-0.2, -0.15) is 0 Å². The van der Waals surface area contributed by atoms with Crippen LogP contribution in [0.25, 0.3) is 0 Å². The molecule has 5 heteroatoms. The number of carboxylic acid groups (broad SMARTS) is 1. The number of aliphatic carboxylic acids is 1. The SMILES string of the molecule is CCc1ccc(C(C)NC(=O)c2c(C)coc2CC(=O)O)cc1. The molecule has 1 unspecified atom stereocenters. The van der Waals surface area contributed by atoms with Crippen LogP contribution in [0, 0.1) is 6.92 Å². The van der Waals surface area contributed by atoms with Gasteiger partial charge in [-0.3, -0.25) is 9.59 Å². The number of hydrogen-bond acceptors (Lipinski definition) is 3. The molecule has 0 aliphatic rings. The summed E-state index contributed by atoms with van der Waals surface area (Å²) in [4.78, 5) is 23.3. The molecule has 23 heavy (non-hydrogen) atoms. The highest BCUT2D eigenvalue weighted by Crippen LogP contribution is 2.20. The van der Waals surface area contributed by atoms with Crippen molar-refractivity contribution in [2.24, 2.45) is 0 Å². The average molecular weight is 315 g/mol. The number of carbonyl (C=O) groups is 2. The standard InChI is InChI=1S/C18H21NO4/c1-4-13-5-7-14(8-6-13)12(3)19-18(22)17-11(2)10-23-15(17)9-16(20)21/h5-8,10,12H,4,9H2,1-3H3,(H,19,22)(H,20,21). The Kier molecular flexibility index (Phi) is 5.21. The number of aryl methyl sites for hydroxylation is 2. The maximum atomic E-state index is 12.5. The lowest BCUT2D eigenvalue weighted by Gasteiger charge is -2.15. The fourth-order valence-electron chi connectivity index (χ4n) is 2.46. The van der Waals surface area contributed by atoms with E-state index in [1.165, 1.54) is 11.8 Å². The van der Waals surface area contributed by atoms with E-state index in [1.54, 1.807) is 6.92 Å². The highest BCUT2D eigenvalue weighted by atomic mass is 16.4. The van der Waals surface area contributed by atoms with Crippen molar-refractivity contribution in [2.45, 2.75) is 39.7 Å². The fraction of sp³-hybridized carbons (Fsp3) is 0.333. The van der Waals surface area contributed by atoms with Crippen molar-refractivity contribution in [1.82, 2.24) is 5.32 Å². The van der Waals surface area contributed by atoms with Gasteiger partial charge in [0.25, 0.3) is 5.91 Å². The van der Waals surface area contributed by atoms with E-state index in [0.717, 1.165) is 12.0 Å². The van der Waals surface area contributed by atoms with E-state index in [9.17, 15) is 9.59 Å². The van der Waals surface area contributed by atoms with E-state index in [2.05, 4.69) is 12.2 Å². The van der Waals surface area contributed by atoms with Crippen LogP contribution in [0.15, 0.2) is 34.9 Å². The van der Waals surface area contributed by atoms with Gasteiger partial charge in [0.15, 0.2) is 0 Å². The third-order valence-electron chi connectivity index (χ3n) is 3.83. The normalized spacial score (nSPS) is 12.0. The largest absolute Gasteiger partial charge is 0.481 e. The van der Waals surface area contributed by atoms with Gasteiger partial charge in [-0.15, -0.1) is 0 Å². The molecule has 1 amide bonds. The van der Waals surface area contributed by atoms with Crippen molar-refractivity contribution in [3.63, 3.8) is 0 Å². The van der Waals surface area contributed by atoms with Crippen LogP contribution in [-0.2, 0) is 17.6 Å². The molecule has 1 heterocycles. The maximum Gasteiger partial charge on any atom is 0.311 e. The lowest BCUT2D eigenvalue weighted by Crippen LogP contribution is -2.28. The summed E-state index contributed by atoms with van der Waals surface area (Å²) >= 11 is 0. The van der Waals surface area contributed by atoms with Gasteiger partial charge < -0.3 is 14.8 Å². The van der Waals surface area contributed by atoms with Crippen LogP contribution in [0.4, 0.5) is 0 Å². The lowest BCUT2D eigenvalue weighted by atomic mass is 10.0. The smallest absolute Gasteiger partial charge is 0.311 e. The first-order chi connectivity index (χ1) is 10.9. The summed E-state index contributed by atoms with van der Waals surface area (Å²) in [5.41, 5.74) is 3.18. The van der Waals surface area contributed by atoms with Gasteiger partial charge in [0, 0.05) is 5.56 Å². The van der Waals surface area contributed by atoms with Crippen LogP contribution in [-0.4, -0.2) is 17.0 Å². The molecule has 0 saturated heterocycles. The van der Waals surface area contributed by atoms with E-state index in [0.29, 0.717) is 11.1 Å². The molecule has 122 valence electrons. The number of rotatable bonds is 6. The van der Waals surface area contributed by atoms with Crippen LogP contribution in [0.1, 0.15) is 52.7 Å². The third-order valence-corrected chi connectivity index (χ3v) is 3.83. The minimum atomic E-state index is -1.03. The predicted molar refractivity (Wildman–Crippen MR) is 86.5 cm³/mol. The lowest BCUT2D eigenvalue weighted by molar-refractivity contribution is -0.136. The molecule has 2 rings (SSSR count). The molecule has 0 aliphatic heterocycles. The zero-order valence-electron chi connectivity index (χ0n) is 13.6. The van der Waals surface area contributed by atoms with Crippen molar-refractivity contribution in [1.29, 1.82) is 0 Å². The molecule has 0 bridgehead atoms. The summed E-state index contributed by atoms with van der Waals surface area (Å²) in [5, 5.41) is 11.8. The molecular weight excluding hydrogens is 294 g/mol. The number of carbonyl (C=O) groups excluding carboxylic acids is 1. The molecule has 2 aromatic rings. The van der Waals surface area contributed by atoms with E-state index in [1.807, 2.05) is 31.2 Å². The number of furan rings is 1. The first-order valence-corrected chi connectivity index (χ1v) is 7.60. The minimum absolute atomic E-state index is 0.180. The summed E-state index contributed by atoms with van der Waals surface area (Å²) in [7, 11) is 0. The number of hydrogen-bond donors (Lipinski definition) is 2. The molecule has 0 spiro atoms. The third kappa shape index (κ3) is 4.00. The second-order valence-corrected chi connectivity index (χ2v) is 5.58. The zero-order chi connectivity index (χ0) is 17.0. The number of benzene rings is 1. The second-order valence-electron chi connectivity index (χ2n) is 5.58. The van der Waals surface area contributed by atoms with Gasteiger partial charge in [0.1, 0.15) is 12.2 Å². The summed E-state index contributed by atoms with van der Waals surface area (Å²) in [5.74, 6) is -1.17. The molecular formula is C18H21NO4. The van der Waals surface area contributed by atoms with Gasteiger partial charge >= 0.3 is 5.97 Å². The molecule has 0 saturated carbocycles. The molecule has 5 nitrogen and oxygen atoms in total. The van der Waals surface area contributed by atoms with Crippen LogP contribution < -0.4 is 5.32 Å². The molecule has 1 aromatic carbocycles. The summed E-state index contributed by atoms with van der Waals surface area (Å²) in [6, 6.07) is 7.88. The van der Waals surface area contributed by atoms with Gasteiger partial charge in [0.05, 0.1) is 17.9 Å². The first kappa shape index (κ1) is 16.8. The van der Waals surface area contributed by atoms with Gasteiger partial charge in [0.2, 0.25) is 0 Å². The fourth-order valence-corrected chi connectivity index (χ4v) is 2.46. The summed E-state index contributed by atoms with van der Waals surface area (Å²) in [6.45, 7) is 5.71. The Bertz CT molecular complexity index is 700. The Morgan fingerprint density at radius 3 is 2.48 bits per heavy atom. The Hall–Kier alpha value is -2.56. The van der Waals surface area contributed by atoms with Crippen molar-refractivity contribution >= 4 is 11.9 Å². The Morgan fingerprint density at radius 2 is 1.91 bits per heavy atom. The number of carboxylic acids is 1. The summed E-state index contributed by atoms with van der Waals surface area (Å²) in [6.07, 6.45) is 2.07. The van der Waals surface area contributed by atoms with Gasteiger partial charge in [-0.05, 0) is 31.4 Å². The van der Waals surface area contributed by atoms with Crippen LogP contribution in [0.3, 0.4) is 0 Å². The van der Waals surface area contributed by atoms with E-state index in [-0.39, 0.29) is 24.1 Å². The topological polar surface area (TPSA) is 79.5 Å². The highest BCUT2D eigenvalue weighted by Gasteiger charge is 2.22. The Balaban J connectivity index is 2.14. The van der Waals surface area contributed by atoms with Crippen molar-refractivity contribution in [2.75, 3.05) is 0 Å². The molecule has 0 fully saturated rings. The Labute approximate surface area is 135 Å². The van der Waals surface area contributed by atoms with Crippen LogP contribution in [0.5, 0.6) is 0 Å². The highest BCUT2D eigenvalue weighted by molar-refractivity contribution is 5.97. The molecule has 0 radical (unpaired) electrons. The van der Waals surface area contributed by atoms with Gasteiger partial charge in [-0.25, -0.2) is 0 Å². The van der Waals surface area contributed by atoms with Crippen LogP contribution in [0.2, 0.25) is 0 Å². The van der Waals surface area contributed by atoms with Crippen molar-refractivity contribution in [3.8, 4) is 0 Å². The number of amides is 1. The number of nitrogens with one attached hydrogen (secondary N) is 1. The molecule has 1 aromatic heterocycles. The molecule has 1 atom stereocenters. The first-order valence-electron chi connectivity index (χ1n) is 7.60. The molecule has 0 aliphatic carbocycles. The summed E-state index contributed by atoms with van der Waals surface area (Å²) < 4.78 is 5.20. The average Bonchev–Trinajstić information content (AvgIpc) is 2.87. The maximum absolute atomic E-state index is 12.5. The monoisotopic (exact) mass is 315 g/mol. The second kappa shape index (κ2) is 7.13. The van der Waals surface area contributed by atoms with Crippen LogP contribution >= 0.6 is 0 Å². The van der Waals surface area contributed by atoms with Gasteiger partial charge in [-0.1, -0.05) is 31.2 Å². The zero-order valence-corrected chi connectivity index (χ0v) is 13.6. The predicted octanol–water partition coefficient (Wildman–Crippen LogP) is 3.27. The molecule has 2 N–H and O–H groups in total. The minimum Gasteiger partial charge on any atom is -0.481 e. The van der Waals surface area contributed by atoms with E-state index in [4.69, 9.17) is 9.52 Å². The van der Waals surface area contributed by atoms with Crippen molar-refractivity contribution < 1.29 is 19.1 Å². The quantitative estimate of drug-likeness (QED) is 0.857. The van der Waals surface area contributed by atoms with E-state index >= 15 is 0 Å². The van der Waals surface area contributed by atoms with E-state index < -0.39 is 5.97 Å².